The van der Waals surface area contributed by atoms with Gasteiger partial charge in [-0.1, -0.05) is 45.2 Å². The van der Waals surface area contributed by atoms with Gasteiger partial charge in [0.15, 0.2) is 0 Å². The molecule has 2 aromatic carbocycles. The highest BCUT2D eigenvalue weighted by molar-refractivity contribution is 7.99. The van der Waals surface area contributed by atoms with E-state index in [4.69, 9.17) is 14.2 Å². The molecule has 0 fully saturated rings. The summed E-state index contributed by atoms with van der Waals surface area (Å²) in [5, 5.41) is 0.468. The fraction of sp³-hybridized carbons (Fsp3) is 0.526. The molecule has 9 nitrogen and oxygen atoms in total. The van der Waals surface area contributed by atoms with E-state index < -0.39 is 29.3 Å². The summed E-state index contributed by atoms with van der Waals surface area (Å²) >= 11 is 1.38. The molecule has 0 N–H and O–H groups in total. The van der Waals surface area contributed by atoms with Crippen LogP contribution < -0.4 is 4.90 Å². The van der Waals surface area contributed by atoms with Gasteiger partial charge in [-0.05, 0) is 103 Å². The molecule has 1 atom stereocenters. The first-order valence-corrected chi connectivity index (χ1v) is 17.7. The van der Waals surface area contributed by atoms with E-state index in [1.54, 1.807) is 65.8 Å². The van der Waals surface area contributed by atoms with Crippen molar-refractivity contribution < 1.29 is 33.4 Å². The van der Waals surface area contributed by atoms with Gasteiger partial charge in [-0.15, -0.1) is 11.8 Å². The van der Waals surface area contributed by atoms with Gasteiger partial charge in [0.2, 0.25) is 0 Å². The van der Waals surface area contributed by atoms with Gasteiger partial charge in [-0.25, -0.2) is 14.5 Å². The number of esters is 1. The van der Waals surface area contributed by atoms with Crippen molar-refractivity contribution in [2.45, 2.75) is 117 Å². The largest absolute Gasteiger partial charge is 0.465 e. The Morgan fingerprint density at radius 3 is 2.15 bits per heavy atom. The van der Waals surface area contributed by atoms with E-state index in [1.807, 2.05) is 26.0 Å². The molecular weight excluding hydrogens is 628 g/mol. The minimum absolute atomic E-state index is 0.119. The number of anilines is 1. The predicted octanol–water partition coefficient (Wildman–Crippen LogP) is 9.87. The number of benzene rings is 2. The average Bonchev–Trinajstić information content (AvgIpc) is 3.36. The summed E-state index contributed by atoms with van der Waals surface area (Å²) in [7, 11) is 0. The number of aryl methyl sites for hydroxylation is 2. The Bertz CT molecular complexity index is 1590. The fourth-order valence-electron chi connectivity index (χ4n) is 5.24. The van der Waals surface area contributed by atoms with Gasteiger partial charge in [-0.2, -0.15) is 0 Å². The van der Waals surface area contributed by atoms with Crippen LogP contribution in [0.2, 0.25) is 0 Å². The lowest BCUT2D eigenvalue weighted by Gasteiger charge is -2.26. The first-order chi connectivity index (χ1) is 22.4. The van der Waals surface area contributed by atoms with Crippen molar-refractivity contribution in [3.05, 3.63) is 59.3 Å². The van der Waals surface area contributed by atoms with Crippen LogP contribution in [0.5, 0.6) is 0 Å². The molecule has 0 spiro atoms. The molecule has 0 bridgehead atoms. The molecule has 0 aliphatic carbocycles. The highest BCUT2D eigenvalue weighted by Gasteiger charge is 2.33. The van der Waals surface area contributed by atoms with Gasteiger partial charge < -0.3 is 14.2 Å². The van der Waals surface area contributed by atoms with E-state index in [-0.39, 0.29) is 18.0 Å². The second-order valence-electron chi connectivity index (χ2n) is 14.2. The van der Waals surface area contributed by atoms with Gasteiger partial charge in [0, 0.05) is 22.2 Å². The number of hydrogen-bond donors (Lipinski definition) is 0. The van der Waals surface area contributed by atoms with Gasteiger partial charge in [0.05, 0.1) is 29.8 Å². The van der Waals surface area contributed by atoms with Crippen LogP contribution in [0.15, 0.2) is 47.5 Å². The lowest BCUT2D eigenvalue weighted by Crippen LogP contribution is -2.41. The van der Waals surface area contributed by atoms with Gasteiger partial charge >= 0.3 is 18.2 Å². The number of ether oxygens (including phenoxy) is 3. The third-order valence-corrected chi connectivity index (χ3v) is 8.50. The van der Waals surface area contributed by atoms with E-state index in [0.717, 1.165) is 41.7 Å². The molecule has 0 radical (unpaired) electrons. The predicted molar refractivity (Wildman–Crippen MR) is 192 cm³/mol. The Kier molecular flexibility index (Phi) is 13.3. The minimum Gasteiger partial charge on any atom is -0.465 e. The summed E-state index contributed by atoms with van der Waals surface area (Å²) in [6.07, 6.45) is 4.29. The van der Waals surface area contributed by atoms with Crippen molar-refractivity contribution >= 4 is 52.4 Å². The summed E-state index contributed by atoms with van der Waals surface area (Å²) in [4.78, 5) is 56.1. The van der Waals surface area contributed by atoms with Crippen molar-refractivity contribution in [1.82, 2.24) is 4.57 Å². The first kappa shape index (κ1) is 38.7. The summed E-state index contributed by atoms with van der Waals surface area (Å²) in [5.41, 5.74) is 0.964. The number of nitrogens with zero attached hydrogens (tertiary/aromatic N) is 2. The molecule has 1 unspecified atom stereocenters. The number of fused-ring (bicyclic) bond motifs is 1. The van der Waals surface area contributed by atoms with E-state index >= 15 is 0 Å². The van der Waals surface area contributed by atoms with Crippen molar-refractivity contribution in [3.8, 4) is 0 Å². The summed E-state index contributed by atoms with van der Waals surface area (Å²) in [5.74, 6) is -0.201. The highest BCUT2D eigenvalue weighted by Crippen LogP contribution is 2.35. The summed E-state index contributed by atoms with van der Waals surface area (Å²) < 4.78 is 18.3. The first-order valence-electron chi connectivity index (χ1n) is 16.8. The van der Waals surface area contributed by atoms with Crippen LogP contribution in [-0.4, -0.2) is 52.2 Å². The topological polar surface area (TPSA) is 104 Å². The van der Waals surface area contributed by atoms with Crippen molar-refractivity contribution in [2.24, 2.45) is 5.92 Å². The maximum atomic E-state index is 14.6. The molecule has 1 heterocycles. The second-order valence-corrected chi connectivity index (χ2v) is 15.3. The molecule has 2 amide bonds. The quantitative estimate of drug-likeness (QED) is 0.106. The number of unbranched alkanes of at least 4 members (excludes halogenated alkanes) is 1. The SMILES string of the molecule is CCCCC(CC)COC(=O)CCSc1cccc2c1c(C(=O)N(C(=O)OC(C)(C)C)c1cc(C)cc(C)c1)cn2C(=O)OC(C)(C)C. The monoisotopic (exact) mass is 680 g/mol. The molecule has 10 heteroatoms. The number of aromatic nitrogens is 1. The number of thioether (sulfide) groups is 1. The third kappa shape index (κ3) is 10.9. The number of carbonyl (C=O) groups is 4. The number of rotatable bonds is 12. The fourth-order valence-corrected chi connectivity index (χ4v) is 6.26. The Morgan fingerprint density at radius 1 is 0.917 bits per heavy atom. The average molecular weight is 681 g/mol. The van der Waals surface area contributed by atoms with E-state index in [9.17, 15) is 19.2 Å². The Balaban J connectivity index is 2.05. The van der Waals surface area contributed by atoms with Crippen molar-refractivity contribution in [2.75, 3.05) is 17.3 Å². The van der Waals surface area contributed by atoms with Crippen LogP contribution in [0, 0.1) is 19.8 Å². The Hall–Kier alpha value is -3.79. The number of amides is 2. The lowest BCUT2D eigenvalue weighted by atomic mass is 10.0. The van der Waals surface area contributed by atoms with E-state index in [2.05, 4.69) is 13.8 Å². The zero-order chi connectivity index (χ0) is 35.8. The molecule has 0 saturated carbocycles. The van der Waals surface area contributed by atoms with Crippen molar-refractivity contribution in [1.29, 1.82) is 0 Å². The Labute approximate surface area is 289 Å². The van der Waals surface area contributed by atoms with Crippen LogP contribution in [0.3, 0.4) is 0 Å². The molecule has 3 aromatic rings. The third-order valence-electron chi connectivity index (χ3n) is 7.44. The molecule has 1 aromatic heterocycles. The zero-order valence-corrected chi connectivity index (χ0v) is 31.0. The molecule has 48 heavy (non-hydrogen) atoms. The van der Waals surface area contributed by atoms with Crippen LogP contribution in [-0.2, 0) is 19.0 Å². The smallest absolute Gasteiger partial charge is 0.422 e. The minimum atomic E-state index is -0.873. The van der Waals surface area contributed by atoms with Gasteiger partial charge in [0.25, 0.3) is 5.91 Å². The maximum absolute atomic E-state index is 14.6. The Morgan fingerprint density at radius 2 is 1.56 bits per heavy atom. The van der Waals surface area contributed by atoms with Gasteiger partial charge in [0.1, 0.15) is 11.2 Å². The van der Waals surface area contributed by atoms with Crippen LogP contribution in [0.4, 0.5) is 15.3 Å². The molecule has 0 aliphatic heterocycles. The normalized spacial score (nSPS) is 12.5. The second kappa shape index (κ2) is 16.5. The summed E-state index contributed by atoms with van der Waals surface area (Å²) in [6.45, 7) is 18.9. The summed E-state index contributed by atoms with van der Waals surface area (Å²) in [6, 6.07) is 10.8. The van der Waals surface area contributed by atoms with Gasteiger partial charge in [-0.3, -0.25) is 14.2 Å². The van der Waals surface area contributed by atoms with Crippen LogP contribution in [0.25, 0.3) is 10.9 Å². The molecule has 0 aliphatic rings. The standard InChI is InChI=1S/C38H52N2O7S/c1-11-13-15-27(12-2)24-45-32(41)18-19-48-31-17-14-16-30-33(31)29(23-39(30)35(43)46-37(5,6)7)34(42)40(36(44)47-38(8,9)10)28-21-25(3)20-26(4)22-28/h14,16-17,20-23,27H,11-13,15,18-19,24H2,1-10H3. The molecular formula is C38H52N2O7S. The highest BCUT2D eigenvalue weighted by atomic mass is 32.2. The molecule has 262 valence electrons. The van der Waals surface area contributed by atoms with Crippen molar-refractivity contribution in [3.63, 3.8) is 0 Å². The maximum Gasteiger partial charge on any atom is 0.422 e. The molecule has 0 saturated heterocycles. The number of carbonyl (C=O) groups excluding carboxylic acids is 4. The molecule has 3 rings (SSSR count). The lowest BCUT2D eigenvalue weighted by molar-refractivity contribution is -0.144. The number of imide groups is 1. The zero-order valence-electron chi connectivity index (χ0n) is 30.2. The number of hydrogen-bond acceptors (Lipinski definition) is 8. The van der Waals surface area contributed by atoms with Crippen LogP contribution >= 0.6 is 11.8 Å². The van der Waals surface area contributed by atoms with Crippen LogP contribution in [0.1, 0.15) is 109 Å². The van der Waals surface area contributed by atoms with E-state index in [1.165, 1.54) is 22.5 Å². The van der Waals surface area contributed by atoms with E-state index in [0.29, 0.717) is 39.8 Å².